The van der Waals surface area contributed by atoms with Crippen molar-refractivity contribution in [3.63, 3.8) is 0 Å². The van der Waals surface area contributed by atoms with Gasteiger partial charge in [-0.3, -0.25) is 4.79 Å². The number of carbonyl (C=O) groups is 1. The maximum Gasteiger partial charge on any atom is 0.219 e. The first-order valence-corrected chi connectivity index (χ1v) is 13.3. The lowest BCUT2D eigenvalue weighted by Crippen LogP contribution is -2.49. The zero-order valence-corrected chi connectivity index (χ0v) is 23.7. The van der Waals surface area contributed by atoms with Gasteiger partial charge < -0.3 is 15.6 Å². The Hall–Kier alpha value is -2.96. The number of hydrazine groups is 1. The van der Waals surface area contributed by atoms with Crippen LogP contribution >= 0.6 is 0 Å². The van der Waals surface area contributed by atoms with Crippen LogP contribution in [0.15, 0.2) is 30.5 Å². The molecule has 0 spiro atoms. The Balaban J connectivity index is 0.00000222. The average molecular weight is 496 g/mol. The smallest absolute Gasteiger partial charge is 0.219 e. The van der Waals surface area contributed by atoms with Crippen LogP contribution in [0.5, 0.6) is 0 Å². The number of para-hydroxylation sites is 1. The summed E-state index contributed by atoms with van der Waals surface area (Å²) >= 11 is 0. The van der Waals surface area contributed by atoms with Crippen molar-refractivity contribution in [3.05, 3.63) is 36.0 Å². The average Bonchev–Trinajstić information content (AvgIpc) is 2.88. The van der Waals surface area contributed by atoms with Crippen molar-refractivity contribution in [2.45, 2.75) is 92.2 Å². The monoisotopic (exact) mass is 495 g/mol. The van der Waals surface area contributed by atoms with Gasteiger partial charge >= 0.3 is 0 Å². The summed E-state index contributed by atoms with van der Waals surface area (Å²) in [6.07, 6.45) is 16.1. The molecule has 200 valence electrons. The van der Waals surface area contributed by atoms with Gasteiger partial charge in [0, 0.05) is 45.1 Å². The van der Waals surface area contributed by atoms with Gasteiger partial charge in [0.05, 0.1) is 17.8 Å². The SMILES string of the molecule is C#CC(C)N(Nc1ccccc1/C=C/NC)C(C)C(C)CN(CCCCCC)C(C)=O.CCCC#N. The highest BCUT2D eigenvalue weighted by molar-refractivity contribution is 5.73. The van der Waals surface area contributed by atoms with Gasteiger partial charge in [0.25, 0.3) is 0 Å². The normalized spacial score (nSPS) is 13.1. The first-order valence-electron chi connectivity index (χ1n) is 13.3. The minimum Gasteiger partial charge on any atom is -0.394 e. The number of nitriles is 1. The minimum atomic E-state index is -0.103. The number of hydrogen-bond donors (Lipinski definition) is 2. The van der Waals surface area contributed by atoms with E-state index in [0.29, 0.717) is 6.42 Å². The van der Waals surface area contributed by atoms with E-state index in [0.717, 1.165) is 37.2 Å². The number of terminal acetylenes is 1. The molecule has 6 nitrogen and oxygen atoms in total. The molecule has 1 rings (SSSR count). The lowest BCUT2D eigenvalue weighted by atomic mass is 10.0. The molecule has 0 bridgehead atoms. The molecule has 0 radical (unpaired) electrons. The zero-order chi connectivity index (χ0) is 27.3. The molecule has 0 fully saturated rings. The summed E-state index contributed by atoms with van der Waals surface area (Å²) in [6, 6.07) is 10.2. The van der Waals surface area contributed by atoms with Crippen molar-refractivity contribution >= 4 is 17.7 Å². The van der Waals surface area contributed by atoms with E-state index in [1.54, 1.807) is 6.92 Å². The highest BCUT2D eigenvalue weighted by atomic mass is 16.2. The summed E-state index contributed by atoms with van der Waals surface area (Å²) in [4.78, 5) is 14.2. The molecule has 0 saturated heterocycles. The maximum atomic E-state index is 12.2. The number of anilines is 1. The van der Waals surface area contributed by atoms with E-state index >= 15 is 0 Å². The van der Waals surface area contributed by atoms with Crippen LogP contribution in [0.4, 0.5) is 5.69 Å². The van der Waals surface area contributed by atoms with Gasteiger partial charge in [0.15, 0.2) is 0 Å². The van der Waals surface area contributed by atoms with Crippen molar-refractivity contribution in [1.82, 2.24) is 15.2 Å². The standard InChI is InChI=1S/C26H42N4O.C4H7N/c1-8-10-11-14-19-29(24(6)31)20-21(3)23(5)30(22(4)9-2)28-26-16-13-12-15-25(26)17-18-27-7;1-2-3-4-5/h2,12-13,15-18,21-23,27-28H,8,10-11,14,19-20H2,1,3-7H3;2-3H2,1H3/b18-17+;. The molecule has 0 aliphatic heterocycles. The molecule has 36 heavy (non-hydrogen) atoms. The molecule has 2 N–H and O–H groups in total. The molecule has 1 aromatic carbocycles. The maximum absolute atomic E-state index is 12.2. The second kappa shape index (κ2) is 20.3. The van der Waals surface area contributed by atoms with Crippen molar-refractivity contribution in [3.8, 4) is 18.4 Å². The third-order valence-corrected chi connectivity index (χ3v) is 6.16. The Morgan fingerprint density at radius 1 is 1.14 bits per heavy atom. The Morgan fingerprint density at radius 3 is 2.36 bits per heavy atom. The molecule has 0 aromatic heterocycles. The Labute approximate surface area is 221 Å². The number of hydrogen-bond acceptors (Lipinski definition) is 5. The highest BCUT2D eigenvalue weighted by Crippen LogP contribution is 2.22. The fourth-order valence-corrected chi connectivity index (χ4v) is 3.68. The number of carbonyl (C=O) groups excluding carboxylic acids is 1. The predicted octanol–water partition coefficient (Wildman–Crippen LogP) is 6.29. The largest absolute Gasteiger partial charge is 0.394 e. The third kappa shape index (κ3) is 13.2. The molecule has 1 amide bonds. The van der Waals surface area contributed by atoms with Crippen molar-refractivity contribution in [2.75, 3.05) is 25.6 Å². The van der Waals surface area contributed by atoms with E-state index in [-0.39, 0.29) is 23.9 Å². The van der Waals surface area contributed by atoms with Crippen LogP contribution in [-0.2, 0) is 4.79 Å². The van der Waals surface area contributed by atoms with Crippen LogP contribution in [0.1, 0.15) is 85.6 Å². The van der Waals surface area contributed by atoms with Gasteiger partial charge in [-0.1, -0.05) is 64.2 Å². The lowest BCUT2D eigenvalue weighted by molar-refractivity contribution is -0.129. The van der Waals surface area contributed by atoms with Crippen molar-refractivity contribution in [2.24, 2.45) is 5.92 Å². The number of rotatable bonds is 15. The number of nitrogens with zero attached hydrogens (tertiary/aromatic N) is 3. The van der Waals surface area contributed by atoms with Crippen LogP contribution in [0.25, 0.3) is 6.08 Å². The quantitative estimate of drug-likeness (QED) is 0.170. The molecule has 0 saturated carbocycles. The summed E-state index contributed by atoms with van der Waals surface area (Å²) in [5, 5.41) is 13.0. The van der Waals surface area contributed by atoms with Crippen LogP contribution in [0, 0.1) is 29.6 Å². The summed E-state index contributed by atoms with van der Waals surface area (Å²) in [7, 11) is 1.88. The molecular weight excluding hydrogens is 446 g/mol. The van der Waals surface area contributed by atoms with Crippen LogP contribution in [-0.4, -0.2) is 48.0 Å². The first-order chi connectivity index (χ1) is 17.3. The summed E-state index contributed by atoms with van der Waals surface area (Å²) in [5.41, 5.74) is 5.63. The third-order valence-electron chi connectivity index (χ3n) is 6.16. The second-order valence-corrected chi connectivity index (χ2v) is 9.22. The van der Waals surface area contributed by atoms with E-state index in [4.69, 9.17) is 11.7 Å². The number of amides is 1. The number of unbranched alkanes of at least 4 members (excludes halogenated alkanes) is 4. The van der Waals surface area contributed by atoms with Crippen molar-refractivity contribution in [1.29, 1.82) is 5.26 Å². The van der Waals surface area contributed by atoms with E-state index in [1.165, 1.54) is 19.3 Å². The van der Waals surface area contributed by atoms with Crippen LogP contribution < -0.4 is 10.7 Å². The van der Waals surface area contributed by atoms with Crippen LogP contribution in [0.3, 0.4) is 0 Å². The molecule has 3 unspecified atom stereocenters. The van der Waals surface area contributed by atoms with Crippen LogP contribution in [0.2, 0.25) is 0 Å². The predicted molar refractivity (Wildman–Crippen MR) is 154 cm³/mol. The van der Waals surface area contributed by atoms with E-state index in [9.17, 15) is 4.79 Å². The van der Waals surface area contributed by atoms with E-state index < -0.39 is 0 Å². The molecule has 1 aromatic rings. The molecule has 3 atom stereocenters. The number of nitrogens with one attached hydrogen (secondary N) is 2. The van der Waals surface area contributed by atoms with Gasteiger partial charge in [-0.05, 0) is 50.9 Å². The summed E-state index contributed by atoms with van der Waals surface area (Å²) < 4.78 is 0. The fourth-order valence-electron chi connectivity index (χ4n) is 3.68. The van der Waals surface area contributed by atoms with E-state index in [2.05, 4.69) is 54.6 Å². The van der Waals surface area contributed by atoms with Gasteiger partial charge in [0.2, 0.25) is 5.91 Å². The zero-order valence-electron chi connectivity index (χ0n) is 23.7. The lowest BCUT2D eigenvalue weighted by Gasteiger charge is -2.38. The van der Waals surface area contributed by atoms with Gasteiger partial charge in [-0.2, -0.15) is 5.26 Å². The second-order valence-electron chi connectivity index (χ2n) is 9.22. The fraction of sp³-hybridized carbons (Fsp3) is 0.600. The summed E-state index contributed by atoms with van der Waals surface area (Å²) in [6.45, 7) is 13.8. The molecular formula is C30H49N5O. The summed E-state index contributed by atoms with van der Waals surface area (Å²) in [5.74, 6) is 3.25. The molecule has 0 heterocycles. The topological polar surface area (TPSA) is 71.4 Å². The minimum absolute atomic E-state index is 0.103. The Kier molecular flexibility index (Phi) is 18.6. The number of benzene rings is 1. The van der Waals surface area contributed by atoms with E-state index in [1.807, 2.05) is 56.3 Å². The molecule has 0 aliphatic carbocycles. The van der Waals surface area contributed by atoms with Gasteiger partial charge in [-0.25, -0.2) is 5.01 Å². The van der Waals surface area contributed by atoms with Gasteiger partial charge in [-0.15, -0.1) is 6.42 Å². The van der Waals surface area contributed by atoms with Crippen molar-refractivity contribution < 1.29 is 4.79 Å². The Morgan fingerprint density at radius 2 is 1.83 bits per heavy atom. The Bertz CT molecular complexity index is 838. The first kappa shape index (κ1) is 33.0. The van der Waals surface area contributed by atoms with Gasteiger partial charge in [0.1, 0.15) is 0 Å². The highest BCUT2D eigenvalue weighted by Gasteiger charge is 2.26. The molecule has 0 aliphatic rings. The molecule has 6 heteroatoms.